The molecule has 1 aliphatic rings. The van der Waals surface area contributed by atoms with Crippen molar-refractivity contribution in [2.75, 3.05) is 19.6 Å². The fourth-order valence-electron chi connectivity index (χ4n) is 2.13. The topological polar surface area (TPSA) is 75.5 Å². The van der Waals surface area contributed by atoms with E-state index in [1.807, 2.05) is 6.92 Å². The van der Waals surface area contributed by atoms with Gasteiger partial charge in [0.05, 0.1) is 4.92 Å². The third-order valence-corrected chi connectivity index (χ3v) is 3.28. The molecule has 0 aliphatic carbocycles. The molecule has 1 atom stereocenters. The Morgan fingerprint density at radius 1 is 1.58 bits per heavy atom. The zero-order valence-electron chi connectivity index (χ0n) is 10.4. The molecule has 102 valence electrons. The first kappa shape index (κ1) is 13.8. The van der Waals surface area contributed by atoms with Gasteiger partial charge in [0.25, 0.3) is 11.6 Å². The van der Waals surface area contributed by atoms with Crippen molar-refractivity contribution in [2.45, 2.75) is 13.0 Å². The van der Waals surface area contributed by atoms with Gasteiger partial charge >= 0.3 is 0 Å². The number of halogens is 1. The summed E-state index contributed by atoms with van der Waals surface area (Å²) in [5.41, 5.74) is -0.160. The fourth-order valence-corrected chi connectivity index (χ4v) is 2.30. The second-order valence-electron chi connectivity index (χ2n) is 4.52. The van der Waals surface area contributed by atoms with Crippen LogP contribution in [-0.2, 0) is 0 Å². The number of amides is 1. The summed E-state index contributed by atoms with van der Waals surface area (Å²) in [6.07, 6.45) is 0. The minimum Gasteiger partial charge on any atom is -0.336 e. The van der Waals surface area contributed by atoms with Gasteiger partial charge in [-0.25, -0.2) is 0 Å². The number of nitrogens with zero attached hydrogens (tertiary/aromatic N) is 2. The van der Waals surface area contributed by atoms with E-state index in [-0.39, 0.29) is 23.2 Å². The van der Waals surface area contributed by atoms with Gasteiger partial charge in [-0.3, -0.25) is 14.9 Å². The Balaban J connectivity index is 2.32. The molecule has 6 nitrogen and oxygen atoms in total. The summed E-state index contributed by atoms with van der Waals surface area (Å²) in [5.74, 6) is -0.345. The number of nitro benzene ring substituents is 1. The molecule has 1 heterocycles. The van der Waals surface area contributed by atoms with E-state index in [0.717, 1.165) is 0 Å². The van der Waals surface area contributed by atoms with Gasteiger partial charge in [0, 0.05) is 36.8 Å². The molecule has 0 saturated carbocycles. The number of rotatable bonds is 2. The Morgan fingerprint density at radius 3 is 2.95 bits per heavy atom. The number of nitrogens with one attached hydrogen (secondary N) is 1. The van der Waals surface area contributed by atoms with E-state index in [9.17, 15) is 14.9 Å². The van der Waals surface area contributed by atoms with E-state index < -0.39 is 4.92 Å². The molecule has 7 heteroatoms. The average molecular weight is 284 g/mol. The van der Waals surface area contributed by atoms with Crippen LogP contribution in [0.25, 0.3) is 0 Å². The maximum Gasteiger partial charge on any atom is 0.282 e. The van der Waals surface area contributed by atoms with Gasteiger partial charge < -0.3 is 10.2 Å². The van der Waals surface area contributed by atoms with Crippen molar-refractivity contribution in [2.24, 2.45) is 0 Å². The van der Waals surface area contributed by atoms with Gasteiger partial charge in [-0.15, -0.1) is 0 Å². The molecule has 0 bridgehead atoms. The maximum atomic E-state index is 12.4. The van der Waals surface area contributed by atoms with Crippen molar-refractivity contribution in [1.29, 1.82) is 0 Å². The van der Waals surface area contributed by atoms with Gasteiger partial charge in [-0.2, -0.15) is 0 Å². The van der Waals surface area contributed by atoms with Crippen LogP contribution >= 0.6 is 11.6 Å². The molecule has 0 aromatic heterocycles. The molecular weight excluding hydrogens is 270 g/mol. The minimum atomic E-state index is -0.560. The quantitative estimate of drug-likeness (QED) is 0.662. The average Bonchev–Trinajstić information content (AvgIpc) is 2.37. The zero-order chi connectivity index (χ0) is 14.0. The highest BCUT2D eigenvalue weighted by molar-refractivity contribution is 6.31. The monoisotopic (exact) mass is 283 g/mol. The van der Waals surface area contributed by atoms with Crippen molar-refractivity contribution in [3.8, 4) is 0 Å². The smallest absolute Gasteiger partial charge is 0.282 e. The van der Waals surface area contributed by atoms with E-state index >= 15 is 0 Å². The van der Waals surface area contributed by atoms with E-state index in [1.54, 1.807) is 4.90 Å². The number of piperazine rings is 1. The standard InChI is InChI=1S/C12H14ClN3O3/c1-8-7-15(5-4-14-8)12(17)10-6-9(13)2-3-11(10)16(18)19/h2-3,6,8,14H,4-5,7H2,1H3/t8-/m0/s1. The Morgan fingerprint density at radius 2 is 2.32 bits per heavy atom. The van der Waals surface area contributed by atoms with Crippen molar-refractivity contribution in [3.63, 3.8) is 0 Å². The molecule has 1 aromatic carbocycles. The summed E-state index contributed by atoms with van der Waals surface area (Å²) in [4.78, 5) is 24.4. The summed E-state index contributed by atoms with van der Waals surface area (Å²) in [6.45, 7) is 3.71. The van der Waals surface area contributed by atoms with Crippen LogP contribution in [0, 0.1) is 10.1 Å². The van der Waals surface area contributed by atoms with Crippen molar-refractivity contribution < 1.29 is 9.72 Å². The molecule has 19 heavy (non-hydrogen) atoms. The molecule has 1 N–H and O–H groups in total. The van der Waals surface area contributed by atoms with Gasteiger partial charge in [-0.05, 0) is 19.1 Å². The van der Waals surface area contributed by atoms with E-state index in [2.05, 4.69) is 5.32 Å². The number of benzene rings is 1. The second kappa shape index (κ2) is 5.54. The maximum absolute atomic E-state index is 12.4. The predicted octanol–water partition coefficient (Wildman–Crippen LogP) is 1.68. The van der Waals surface area contributed by atoms with Crippen LogP contribution < -0.4 is 5.32 Å². The third-order valence-electron chi connectivity index (χ3n) is 3.04. The first-order valence-corrected chi connectivity index (χ1v) is 6.33. The summed E-state index contributed by atoms with van der Waals surface area (Å²) in [5, 5.41) is 14.5. The van der Waals surface area contributed by atoms with E-state index in [1.165, 1.54) is 18.2 Å². The van der Waals surface area contributed by atoms with Gasteiger partial charge in [0.1, 0.15) is 5.56 Å². The van der Waals surface area contributed by atoms with Crippen molar-refractivity contribution in [1.82, 2.24) is 10.2 Å². The molecule has 0 spiro atoms. The molecule has 1 amide bonds. The molecule has 1 saturated heterocycles. The lowest BCUT2D eigenvalue weighted by Crippen LogP contribution is -2.51. The Hall–Kier alpha value is -1.66. The Kier molecular flexibility index (Phi) is 4.01. The molecule has 1 aromatic rings. The first-order chi connectivity index (χ1) is 8.99. The molecular formula is C12H14ClN3O3. The van der Waals surface area contributed by atoms with Crippen LogP contribution in [0.15, 0.2) is 18.2 Å². The van der Waals surface area contributed by atoms with Crippen LogP contribution in [0.3, 0.4) is 0 Å². The number of carbonyl (C=O) groups excluding carboxylic acids is 1. The number of nitro groups is 1. The van der Waals surface area contributed by atoms with Crippen LogP contribution in [-0.4, -0.2) is 41.4 Å². The SMILES string of the molecule is C[C@H]1CN(C(=O)c2cc(Cl)ccc2[N+](=O)[O-])CCN1. The number of hydrogen-bond donors (Lipinski definition) is 1. The molecule has 0 radical (unpaired) electrons. The lowest BCUT2D eigenvalue weighted by Gasteiger charge is -2.31. The minimum absolute atomic E-state index is 0.0478. The highest BCUT2D eigenvalue weighted by atomic mass is 35.5. The predicted molar refractivity (Wildman–Crippen MR) is 71.5 cm³/mol. The Bertz CT molecular complexity index is 521. The van der Waals surface area contributed by atoms with Gasteiger partial charge in [0.2, 0.25) is 0 Å². The fraction of sp³-hybridized carbons (Fsp3) is 0.417. The molecule has 1 aliphatic heterocycles. The van der Waals surface area contributed by atoms with E-state index in [4.69, 9.17) is 11.6 Å². The highest BCUT2D eigenvalue weighted by Gasteiger charge is 2.27. The van der Waals surface area contributed by atoms with Crippen LogP contribution in [0.5, 0.6) is 0 Å². The summed E-state index contributed by atoms with van der Waals surface area (Å²) >= 11 is 5.83. The molecule has 1 fully saturated rings. The summed E-state index contributed by atoms with van der Waals surface area (Å²) < 4.78 is 0. The van der Waals surface area contributed by atoms with Crippen LogP contribution in [0.4, 0.5) is 5.69 Å². The largest absolute Gasteiger partial charge is 0.336 e. The summed E-state index contributed by atoms with van der Waals surface area (Å²) in [6, 6.07) is 4.21. The van der Waals surface area contributed by atoms with Gasteiger partial charge in [0.15, 0.2) is 0 Å². The summed E-state index contributed by atoms with van der Waals surface area (Å²) in [7, 11) is 0. The van der Waals surface area contributed by atoms with Crippen LogP contribution in [0.1, 0.15) is 17.3 Å². The number of hydrogen-bond acceptors (Lipinski definition) is 4. The van der Waals surface area contributed by atoms with E-state index in [0.29, 0.717) is 24.7 Å². The lowest BCUT2D eigenvalue weighted by atomic mass is 10.1. The lowest BCUT2D eigenvalue weighted by molar-refractivity contribution is -0.385. The Labute approximate surface area is 115 Å². The zero-order valence-corrected chi connectivity index (χ0v) is 11.2. The second-order valence-corrected chi connectivity index (χ2v) is 4.96. The first-order valence-electron chi connectivity index (χ1n) is 5.95. The highest BCUT2D eigenvalue weighted by Crippen LogP contribution is 2.24. The molecule has 2 rings (SSSR count). The number of carbonyl (C=O) groups is 1. The third kappa shape index (κ3) is 3.02. The normalized spacial score (nSPS) is 19.3. The van der Waals surface area contributed by atoms with Crippen molar-refractivity contribution >= 4 is 23.2 Å². The van der Waals surface area contributed by atoms with Crippen LogP contribution in [0.2, 0.25) is 5.02 Å². The van der Waals surface area contributed by atoms with Crippen molar-refractivity contribution in [3.05, 3.63) is 38.9 Å². The molecule has 0 unspecified atom stereocenters. The van der Waals surface area contributed by atoms with Gasteiger partial charge in [-0.1, -0.05) is 11.6 Å².